The molecule has 2 N–H and O–H groups in total. The average molecular weight is 306 g/mol. The van der Waals surface area contributed by atoms with Gasteiger partial charge in [-0.3, -0.25) is 0 Å². The second kappa shape index (κ2) is 8.69. The van der Waals surface area contributed by atoms with E-state index in [1.54, 1.807) is 6.92 Å². The predicted octanol–water partition coefficient (Wildman–Crippen LogP) is 4.78. The van der Waals surface area contributed by atoms with E-state index >= 15 is 0 Å². The second-order valence-corrected chi connectivity index (χ2v) is 7.54. The van der Waals surface area contributed by atoms with Crippen LogP contribution in [0.3, 0.4) is 0 Å². The van der Waals surface area contributed by atoms with Gasteiger partial charge in [0.15, 0.2) is 0 Å². The van der Waals surface area contributed by atoms with Crippen LogP contribution in [0.15, 0.2) is 35.5 Å². The van der Waals surface area contributed by atoms with E-state index in [1.807, 2.05) is 12.2 Å². The smallest absolute Gasteiger partial charge is 0.0827 e. The quantitative estimate of drug-likeness (QED) is 0.684. The molecule has 0 aromatic rings. The van der Waals surface area contributed by atoms with Crippen molar-refractivity contribution >= 4 is 0 Å². The van der Waals surface area contributed by atoms with Crippen molar-refractivity contribution in [3.63, 3.8) is 0 Å². The Balaban J connectivity index is 2.97. The number of hydrogen-bond donors (Lipinski definition) is 2. The van der Waals surface area contributed by atoms with Gasteiger partial charge in [0.25, 0.3) is 0 Å². The van der Waals surface area contributed by atoms with E-state index in [0.717, 1.165) is 25.7 Å². The fourth-order valence-corrected chi connectivity index (χ4v) is 2.99. The van der Waals surface area contributed by atoms with E-state index < -0.39 is 11.7 Å². The molecule has 2 nitrogen and oxygen atoms in total. The van der Waals surface area contributed by atoms with Crippen LogP contribution in [0.4, 0.5) is 0 Å². The summed E-state index contributed by atoms with van der Waals surface area (Å²) in [7, 11) is 0. The lowest BCUT2D eigenvalue weighted by atomic mass is 9.86. The molecule has 126 valence electrons. The molecule has 3 atom stereocenters. The molecule has 1 rings (SSSR count). The molecule has 0 amide bonds. The number of aliphatic hydroxyl groups is 2. The third-order valence-electron chi connectivity index (χ3n) is 4.56. The second-order valence-electron chi connectivity index (χ2n) is 7.54. The largest absolute Gasteiger partial charge is 0.389 e. The molecule has 1 aliphatic rings. The Hall–Kier alpha value is -0.860. The molecular weight excluding hydrogens is 272 g/mol. The first-order valence-electron chi connectivity index (χ1n) is 8.62. The zero-order chi connectivity index (χ0) is 16.8. The number of aliphatic hydroxyl groups excluding tert-OH is 1. The summed E-state index contributed by atoms with van der Waals surface area (Å²) in [5, 5.41) is 20.7. The highest BCUT2D eigenvalue weighted by atomic mass is 16.3. The predicted molar refractivity (Wildman–Crippen MR) is 94.7 cm³/mol. The number of hydrogen-bond acceptors (Lipinski definition) is 2. The minimum absolute atomic E-state index is 0.348. The third-order valence-corrected chi connectivity index (χ3v) is 4.56. The van der Waals surface area contributed by atoms with Crippen LogP contribution in [0.1, 0.15) is 66.7 Å². The molecule has 0 fully saturated rings. The van der Waals surface area contributed by atoms with Crippen LogP contribution >= 0.6 is 0 Å². The summed E-state index contributed by atoms with van der Waals surface area (Å²) in [4.78, 5) is 0. The summed E-state index contributed by atoms with van der Waals surface area (Å²) in [6.07, 6.45) is 12.2. The molecule has 0 heterocycles. The topological polar surface area (TPSA) is 40.5 Å². The normalized spacial score (nSPS) is 38.5. The summed E-state index contributed by atoms with van der Waals surface area (Å²) < 4.78 is 0. The Kier molecular flexibility index (Phi) is 7.58. The molecule has 0 saturated carbocycles. The maximum absolute atomic E-state index is 10.5. The summed E-state index contributed by atoms with van der Waals surface area (Å²) in [5.74, 6) is 1.02. The number of rotatable bonds is 1. The molecule has 2 heteroatoms. The zero-order valence-corrected chi connectivity index (χ0v) is 15.0. The van der Waals surface area contributed by atoms with Crippen molar-refractivity contribution in [1.82, 2.24) is 0 Å². The molecule has 0 bridgehead atoms. The van der Waals surface area contributed by atoms with Gasteiger partial charge in [0.2, 0.25) is 0 Å². The lowest BCUT2D eigenvalue weighted by molar-refractivity contribution is 0.0565. The van der Waals surface area contributed by atoms with E-state index in [9.17, 15) is 10.2 Å². The highest BCUT2D eigenvalue weighted by molar-refractivity contribution is 5.10. The maximum atomic E-state index is 10.5. The molecule has 1 aliphatic carbocycles. The van der Waals surface area contributed by atoms with Crippen molar-refractivity contribution in [2.24, 2.45) is 11.8 Å². The van der Waals surface area contributed by atoms with Crippen molar-refractivity contribution in [3.05, 3.63) is 35.5 Å². The van der Waals surface area contributed by atoms with Crippen LogP contribution < -0.4 is 0 Å². The first-order chi connectivity index (χ1) is 10.2. The van der Waals surface area contributed by atoms with Gasteiger partial charge in [0.05, 0.1) is 11.7 Å². The van der Waals surface area contributed by atoms with Crippen LogP contribution in [0.5, 0.6) is 0 Å². The zero-order valence-electron chi connectivity index (χ0n) is 15.0. The molecular formula is C20H34O2. The Morgan fingerprint density at radius 2 is 1.86 bits per heavy atom. The van der Waals surface area contributed by atoms with E-state index in [-0.39, 0.29) is 0 Å². The van der Waals surface area contributed by atoms with Crippen LogP contribution in [0, 0.1) is 11.8 Å². The van der Waals surface area contributed by atoms with Crippen molar-refractivity contribution < 1.29 is 10.2 Å². The summed E-state index contributed by atoms with van der Waals surface area (Å²) >= 11 is 0. The van der Waals surface area contributed by atoms with Gasteiger partial charge in [-0.2, -0.15) is 0 Å². The Labute approximate surface area is 136 Å². The summed E-state index contributed by atoms with van der Waals surface area (Å²) in [5.41, 5.74) is 1.67. The Morgan fingerprint density at radius 1 is 1.18 bits per heavy atom. The standard InChI is InChI=1S/C20H34O2/c1-15(2)18-10-9-16(3)7-6-8-17(4)13-19(21)14-20(5,22)12-11-18/h7,11-13,15,18-19,21-22H,6,8-10,14H2,1-5H3/b12-11+,16-7+,17-13+/t18?,19-,20-/m0/s1. The van der Waals surface area contributed by atoms with Crippen molar-refractivity contribution in [2.75, 3.05) is 0 Å². The maximum Gasteiger partial charge on any atom is 0.0827 e. The van der Waals surface area contributed by atoms with Crippen molar-refractivity contribution in [3.8, 4) is 0 Å². The molecule has 0 spiro atoms. The Morgan fingerprint density at radius 3 is 2.50 bits per heavy atom. The van der Waals surface area contributed by atoms with Gasteiger partial charge < -0.3 is 10.2 Å². The van der Waals surface area contributed by atoms with Gasteiger partial charge in [-0.25, -0.2) is 0 Å². The molecule has 0 radical (unpaired) electrons. The van der Waals surface area contributed by atoms with E-state index in [4.69, 9.17) is 0 Å². The van der Waals surface area contributed by atoms with Crippen molar-refractivity contribution in [2.45, 2.75) is 78.4 Å². The van der Waals surface area contributed by atoms with Gasteiger partial charge in [-0.1, -0.05) is 49.3 Å². The van der Waals surface area contributed by atoms with Crippen LogP contribution in [0.2, 0.25) is 0 Å². The molecule has 0 aromatic heterocycles. The SMILES string of the molecule is C/C1=C\[C@H](O)C[C@@](C)(O)/C=C/C(C(C)C)CC/C(C)=C/CC1. The monoisotopic (exact) mass is 306 g/mol. The minimum Gasteiger partial charge on any atom is -0.389 e. The van der Waals surface area contributed by atoms with Crippen molar-refractivity contribution in [1.29, 1.82) is 0 Å². The van der Waals surface area contributed by atoms with Gasteiger partial charge in [-0.15, -0.1) is 0 Å². The first-order valence-corrected chi connectivity index (χ1v) is 8.62. The van der Waals surface area contributed by atoms with Gasteiger partial charge >= 0.3 is 0 Å². The molecule has 0 aliphatic heterocycles. The fraction of sp³-hybridized carbons (Fsp3) is 0.700. The molecule has 0 saturated heterocycles. The van der Waals surface area contributed by atoms with Gasteiger partial charge in [-0.05, 0) is 58.3 Å². The van der Waals surface area contributed by atoms with E-state index in [2.05, 4.69) is 39.8 Å². The summed E-state index contributed by atoms with van der Waals surface area (Å²) in [6.45, 7) is 10.5. The third kappa shape index (κ3) is 7.42. The minimum atomic E-state index is -0.960. The molecule has 22 heavy (non-hydrogen) atoms. The number of allylic oxidation sites excluding steroid dienone is 4. The van der Waals surface area contributed by atoms with Crippen LogP contribution in [0.25, 0.3) is 0 Å². The Bertz CT molecular complexity index is 427. The average Bonchev–Trinajstić information content (AvgIpc) is 2.36. The highest BCUT2D eigenvalue weighted by Gasteiger charge is 2.21. The van der Waals surface area contributed by atoms with Crippen LogP contribution in [-0.4, -0.2) is 21.9 Å². The lowest BCUT2D eigenvalue weighted by Gasteiger charge is -2.24. The molecule has 0 aromatic carbocycles. The lowest BCUT2D eigenvalue weighted by Crippen LogP contribution is -2.27. The molecule has 1 unspecified atom stereocenters. The van der Waals surface area contributed by atoms with E-state index in [0.29, 0.717) is 18.3 Å². The van der Waals surface area contributed by atoms with Gasteiger partial charge in [0.1, 0.15) is 0 Å². The summed E-state index contributed by atoms with van der Waals surface area (Å²) in [6, 6.07) is 0. The first kappa shape index (κ1) is 19.2. The fourth-order valence-electron chi connectivity index (χ4n) is 2.99. The van der Waals surface area contributed by atoms with Crippen LogP contribution in [-0.2, 0) is 0 Å². The van der Waals surface area contributed by atoms with E-state index in [1.165, 1.54) is 11.1 Å². The highest BCUT2D eigenvalue weighted by Crippen LogP contribution is 2.25. The van der Waals surface area contributed by atoms with Gasteiger partial charge in [0, 0.05) is 6.42 Å².